The van der Waals surface area contributed by atoms with Gasteiger partial charge in [0.05, 0.1) is 0 Å². The quantitative estimate of drug-likeness (QED) is 0.694. The normalized spacial score (nSPS) is 28.4. The summed E-state index contributed by atoms with van der Waals surface area (Å²) in [6.07, 6.45) is -0.503. The summed E-state index contributed by atoms with van der Waals surface area (Å²) in [6.45, 7) is 1.10. The summed E-state index contributed by atoms with van der Waals surface area (Å²) in [5.41, 5.74) is 2.29. The van der Waals surface area contributed by atoms with Gasteiger partial charge in [0.2, 0.25) is 0 Å². The maximum Gasteiger partial charge on any atom is 0.324 e. The van der Waals surface area contributed by atoms with Crippen LogP contribution in [0.2, 0.25) is 0 Å². The van der Waals surface area contributed by atoms with Gasteiger partial charge >= 0.3 is 12.1 Å². The van der Waals surface area contributed by atoms with Crippen LogP contribution in [0.15, 0.2) is 24.3 Å². The van der Waals surface area contributed by atoms with Gasteiger partial charge < -0.3 is 10.6 Å². The molecule has 2 fully saturated rings. The van der Waals surface area contributed by atoms with Gasteiger partial charge in [0.1, 0.15) is 12.3 Å². The first-order chi connectivity index (χ1) is 8.74. The minimum atomic E-state index is -0.252. The number of carbonyl (C=O) groups excluding carboxylic acids is 2. The molecule has 3 aliphatic rings. The monoisotopic (exact) mass is 244 g/mol. The summed E-state index contributed by atoms with van der Waals surface area (Å²) < 4.78 is 0. The van der Waals surface area contributed by atoms with E-state index in [9.17, 15) is 9.59 Å². The van der Waals surface area contributed by atoms with E-state index in [2.05, 4.69) is 10.6 Å². The highest BCUT2D eigenvalue weighted by atomic mass is 16.2. The van der Waals surface area contributed by atoms with Crippen molar-refractivity contribution in [3.05, 3.63) is 35.4 Å². The minimum Gasteiger partial charge on any atom is -0.314 e. The molecule has 2 atom stereocenters. The SMILES string of the molecule is O=C1N[C@H]2[C@H](N1)N1Cc3ccccc3CN2C1=O. The molecule has 3 aliphatic heterocycles. The third-order valence-corrected chi connectivity index (χ3v) is 3.82. The summed E-state index contributed by atoms with van der Waals surface area (Å²) in [7, 11) is 0. The Labute approximate surface area is 104 Å². The Hall–Kier alpha value is -2.24. The van der Waals surface area contributed by atoms with Crippen LogP contribution >= 0.6 is 0 Å². The summed E-state index contributed by atoms with van der Waals surface area (Å²) >= 11 is 0. The number of nitrogens with one attached hydrogen (secondary N) is 2. The fourth-order valence-corrected chi connectivity index (χ4v) is 2.93. The van der Waals surface area contributed by atoms with Crippen LogP contribution in [-0.4, -0.2) is 34.2 Å². The van der Waals surface area contributed by atoms with Crippen LogP contribution in [0.25, 0.3) is 0 Å². The zero-order chi connectivity index (χ0) is 12.3. The van der Waals surface area contributed by atoms with Gasteiger partial charge in [-0.15, -0.1) is 0 Å². The van der Waals surface area contributed by atoms with Crippen molar-refractivity contribution in [2.45, 2.75) is 25.4 Å². The van der Waals surface area contributed by atoms with Gasteiger partial charge in [-0.25, -0.2) is 9.59 Å². The predicted octanol–water partition coefficient (Wildman–Crippen LogP) is 0.403. The lowest BCUT2D eigenvalue weighted by Gasteiger charge is -2.23. The molecule has 0 saturated carbocycles. The van der Waals surface area contributed by atoms with Crippen molar-refractivity contribution in [1.29, 1.82) is 0 Å². The highest BCUT2D eigenvalue weighted by molar-refractivity contribution is 5.85. The van der Waals surface area contributed by atoms with Crippen molar-refractivity contribution < 1.29 is 9.59 Å². The zero-order valence-corrected chi connectivity index (χ0v) is 9.59. The molecule has 6 heteroatoms. The van der Waals surface area contributed by atoms with Crippen molar-refractivity contribution in [2.24, 2.45) is 0 Å². The largest absolute Gasteiger partial charge is 0.324 e. The molecule has 2 saturated heterocycles. The number of carbonyl (C=O) groups is 2. The van der Waals surface area contributed by atoms with E-state index in [0.29, 0.717) is 13.1 Å². The molecule has 0 aliphatic carbocycles. The second-order valence-corrected chi connectivity index (χ2v) is 4.81. The molecule has 92 valence electrons. The first-order valence-electron chi connectivity index (χ1n) is 5.95. The van der Waals surface area contributed by atoms with Crippen molar-refractivity contribution in [3.63, 3.8) is 0 Å². The van der Waals surface area contributed by atoms with E-state index >= 15 is 0 Å². The standard InChI is InChI=1S/C12H12N4O2/c17-11-13-9-10(14-11)16-6-8-4-2-1-3-7(8)5-15(9)12(16)18/h1-4,9-10H,5-6H2,(H2,13,14,17)/t9-,10-/m1/s1. The second kappa shape index (κ2) is 3.16. The third kappa shape index (κ3) is 1.12. The van der Waals surface area contributed by atoms with Crippen LogP contribution in [-0.2, 0) is 13.1 Å². The molecule has 2 bridgehead atoms. The minimum absolute atomic E-state index is 0.0197. The zero-order valence-electron chi connectivity index (χ0n) is 9.59. The Morgan fingerprint density at radius 3 is 1.94 bits per heavy atom. The lowest BCUT2D eigenvalue weighted by molar-refractivity contribution is 0.178. The summed E-state index contributed by atoms with van der Waals surface area (Å²) in [5, 5.41) is 5.58. The Balaban J connectivity index is 1.80. The first kappa shape index (κ1) is 9.76. The van der Waals surface area contributed by atoms with Gasteiger partial charge in [-0.05, 0) is 11.1 Å². The van der Waals surface area contributed by atoms with E-state index in [4.69, 9.17) is 0 Å². The van der Waals surface area contributed by atoms with E-state index in [1.54, 1.807) is 9.80 Å². The van der Waals surface area contributed by atoms with E-state index in [-0.39, 0.29) is 24.4 Å². The average Bonchev–Trinajstić information content (AvgIpc) is 2.76. The molecule has 2 N–H and O–H groups in total. The fourth-order valence-electron chi connectivity index (χ4n) is 2.93. The number of amides is 4. The van der Waals surface area contributed by atoms with Gasteiger partial charge in [-0.2, -0.15) is 0 Å². The van der Waals surface area contributed by atoms with Crippen molar-refractivity contribution in [2.75, 3.05) is 0 Å². The molecule has 0 aromatic heterocycles. The molecule has 18 heavy (non-hydrogen) atoms. The number of fused-ring (bicyclic) bond motifs is 6. The van der Waals surface area contributed by atoms with Crippen LogP contribution in [0, 0.1) is 0 Å². The van der Waals surface area contributed by atoms with E-state index in [1.165, 1.54) is 0 Å². The summed E-state index contributed by atoms with van der Waals surface area (Å²) in [4.78, 5) is 27.1. The van der Waals surface area contributed by atoms with Gasteiger partial charge in [-0.3, -0.25) is 9.80 Å². The Morgan fingerprint density at radius 2 is 1.44 bits per heavy atom. The molecule has 0 unspecified atom stereocenters. The molecule has 1 aromatic rings. The predicted molar refractivity (Wildman–Crippen MR) is 62.2 cm³/mol. The Bertz CT molecular complexity index is 514. The molecule has 3 heterocycles. The highest BCUT2D eigenvalue weighted by Gasteiger charge is 2.52. The van der Waals surface area contributed by atoms with E-state index < -0.39 is 0 Å². The van der Waals surface area contributed by atoms with E-state index in [1.807, 2.05) is 24.3 Å². The second-order valence-electron chi connectivity index (χ2n) is 4.81. The van der Waals surface area contributed by atoms with Crippen LogP contribution < -0.4 is 10.6 Å². The first-order valence-corrected chi connectivity index (χ1v) is 5.95. The Kier molecular flexibility index (Phi) is 1.71. The average molecular weight is 244 g/mol. The Morgan fingerprint density at radius 1 is 0.944 bits per heavy atom. The van der Waals surface area contributed by atoms with Crippen molar-refractivity contribution >= 4 is 12.1 Å². The maximum absolute atomic E-state index is 12.3. The van der Waals surface area contributed by atoms with Crippen LogP contribution in [0.5, 0.6) is 0 Å². The molecule has 4 amide bonds. The highest BCUT2D eigenvalue weighted by Crippen LogP contribution is 2.31. The lowest BCUT2D eigenvalue weighted by Crippen LogP contribution is -2.44. The number of benzene rings is 1. The maximum atomic E-state index is 12.3. The summed E-state index contributed by atoms with van der Waals surface area (Å²) in [6, 6.07) is 7.78. The molecular weight excluding hydrogens is 232 g/mol. The number of hydrogen-bond donors (Lipinski definition) is 2. The molecule has 1 aromatic carbocycles. The summed E-state index contributed by atoms with van der Waals surface area (Å²) in [5.74, 6) is 0. The van der Waals surface area contributed by atoms with Crippen molar-refractivity contribution in [3.8, 4) is 0 Å². The molecule has 0 radical (unpaired) electrons. The van der Waals surface area contributed by atoms with Gasteiger partial charge in [-0.1, -0.05) is 24.3 Å². The van der Waals surface area contributed by atoms with Gasteiger partial charge in [0, 0.05) is 13.1 Å². The van der Waals surface area contributed by atoms with Crippen LogP contribution in [0.4, 0.5) is 9.59 Å². The number of nitrogens with zero attached hydrogens (tertiary/aromatic N) is 2. The van der Waals surface area contributed by atoms with Crippen molar-refractivity contribution in [1.82, 2.24) is 20.4 Å². The number of hydrogen-bond acceptors (Lipinski definition) is 2. The molecule has 4 rings (SSSR count). The van der Waals surface area contributed by atoms with Crippen LogP contribution in [0.1, 0.15) is 11.1 Å². The fraction of sp³-hybridized carbons (Fsp3) is 0.333. The number of urea groups is 2. The lowest BCUT2D eigenvalue weighted by atomic mass is 10.1. The third-order valence-electron chi connectivity index (χ3n) is 3.82. The molecular formula is C12H12N4O2. The van der Waals surface area contributed by atoms with Crippen LogP contribution in [0.3, 0.4) is 0 Å². The molecule has 6 nitrogen and oxygen atoms in total. The van der Waals surface area contributed by atoms with Gasteiger partial charge in [0.25, 0.3) is 0 Å². The smallest absolute Gasteiger partial charge is 0.314 e. The number of rotatable bonds is 0. The molecule has 0 spiro atoms. The topological polar surface area (TPSA) is 64.7 Å². The van der Waals surface area contributed by atoms with Gasteiger partial charge in [0.15, 0.2) is 0 Å². The van der Waals surface area contributed by atoms with E-state index in [0.717, 1.165) is 11.1 Å².